The Kier molecular flexibility index (Phi) is 3.97. The topological polar surface area (TPSA) is 32.3 Å². The van der Waals surface area contributed by atoms with Gasteiger partial charge in [0.15, 0.2) is 0 Å². The summed E-state index contributed by atoms with van der Waals surface area (Å²) in [5, 5.41) is 13.5. The molecule has 2 heteroatoms. The lowest BCUT2D eigenvalue weighted by Gasteiger charge is -2.25. The summed E-state index contributed by atoms with van der Waals surface area (Å²) in [6.07, 6.45) is 3.07. The molecule has 2 N–H and O–H groups in total. The van der Waals surface area contributed by atoms with Gasteiger partial charge in [-0.2, -0.15) is 0 Å². The van der Waals surface area contributed by atoms with Gasteiger partial charge in [0, 0.05) is 0 Å². The van der Waals surface area contributed by atoms with E-state index in [4.69, 9.17) is 0 Å². The minimum atomic E-state index is -0.300. The highest BCUT2D eigenvalue weighted by molar-refractivity contribution is 5.23. The Morgan fingerprint density at radius 2 is 2.12 bits per heavy atom. The van der Waals surface area contributed by atoms with Crippen LogP contribution >= 0.6 is 0 Å². The van der Waals surface area contributed by atoms with E-state index < -0.39 is 0 Å². The zero-order valence-corrected chi connectivity index (χ0v) is 9.95. The van der Waals surface area contributed by atoms with Crippen LogP contribution in [0.3, 0.4) is 0 Å². The van der Waals surface area contributed by atoms with Gasteiger partial charge < -0.3 is 10.4 Å². The maximum absolute atomic E-state index is 10.1. The Hall–Kier alpha value is -0.860. The molecule has 2 unspecified atom stereocenters. The van der Waals surface area contributed by atoms with Crippen molar-refractivity contribution < 1.29 is 5.11 Å². The summed E-state index contributed by atoms with van der Waals surface area (Å²) in [6, 6.07) is 8.21. The number of benzene rings is 1. The summed E-state index contributed by atoms with van der Waals surface area (Å²) in [5.41, 5.74) is 2.30. The van der Waals surface area contributed by atoms with Crippen LogP contribution in [0.4, 0.5) is 0 Å². The number of hydrogen-bond donors (Lipinski definition) is 2. The molecule has 1 aliphatic rings. The Morgan fingerprint density at radius 3 is 2.75 bits per heavy atom. The maximum Gasteiger partial charge on any atom is 0.0793 e. The summed E-state index contributed by atoms with van der Waals surface area (Å²) >= 11 is 0. The molecule has 0 saturated carbocycles. The van der Waals surface area contributed by atoms with Gasteiger partial charge in [-0.3, -0.25) is 0 Å². The van der Waals surface area contributed by atoms with Crippen LogP contribution in [0.15, 0.2) is 24.3 Å². The van der Waals surface area contributed by atoms with Crippen LogP contribution in [-0.2, 0) is 0 Å². The quantitative estimate of drug-likeness (QED) is 0.818. The Balaban J connectivity index is 1.91. The van der Waals surface area contributed by atoms with E-state index in [1.807, 2.05) is 12.1 Å². The van der Waals surface area contributed by atoms with Crippen LogP contribution in [-0.4, -0.2) is 18.2 Å². The second kappa shape index (κ2) is 5.46. The van der Waals surface area contributed by atoms with E-state index in [9.17, 15) is 5.11 Å². The van der Waals surface area contributed by atoms with Crippen molar-refractivity contribution in [1.29, 1.82) is 0 Å². The first-order valence-corrected chi connectivity index (χ1v) is 6.21. The molecule has 16 heavy (non-hydrogen) atoms. The fourth-order valence-electron chi connectivity index (χ4n) is 2.37. The SMILES string of the molecule is Cc1ccc(C(O)CC2CCCNC2)cc1. The third-order valence-electron chi connectivity index (χ3n) is 3.42. The lowest BCUT2D eigenvalue weighted by molar-refractivity contribution is 0.135. The van der Waals surface area contributed by atoms with E-state index >= 15 is 0 Å². The van der Waals surface area contributed by atoms with Crippen molar-refractivity contribution in [2.24, 2.45) is 5.92 Å². The lowest BCUT2D eigenvalue weighted by atomic mass is 9.91. The van der Waals surface area contributed by atoms with E-state index in [0.29, 0.717) is 5.92 Å². The molecule has 1 heterocycles. The molecule has 0 aliphatic carbocycles. The molecule has 0 spiro atoms. The van der Waals surface area contributed by atoms with Gasteiger partial charge in [0.1, 0.15) is 0 Å². The van der Waals surface area contributed by atoms with Crippen molar-refractivity contribution in [2.45, 2.75) is 32.3 Å². The normalized spacial score (nSPS) is 23.0. The molecule has 2 rings (SSSR count). The molecule has 1 saturated heterocycles. The average Bonchev–Trinajstić information content (AvgIpc) is 2.31. The number of hydrogen-bond acceptors (Lipinski definition) is 2. The van der Waals surface area contributed by atoms with Gasteiger partial charge in [-0.1, -0.05) is 29.8 Å². The minimum absolute atomic E-state index is 0.300. The molecular formula is C14H21NO. The highest BCUT2D eigenvalue weighted by atomic mass is 16.3. The second-order valence-electron chi connectivity index (χ2n) is 4.87. The zero-order chi connectivity index (χ0) is 11.4. The molecule has 0 amide bonds. The molecule has 2 atom stereocenters. The third kappa shape index (κ3) is 3.06. The predicted octanol–water partition coefficient (Wildman–Crippen LogP) is 2.42. The second-order valence-corrected chi connectivity index (χ2v) is 4.87. The third-order valence-corrected chi connectivity index (χ3v) is 3.42. The number of nitrogens with one attached hydrogen (secondary N) is 1. The summed E-state index contributed by atoms with van der Waals surface area (Å²) in [6.45, 7) is 4.27. The van der Waals surface area contributed by atoms with Gasteiger partial charge in [0.25, 0.3) is 0 Å². The van der Waals surface area contributed by atoms with Gasteiger partial charge in [-0.25, -0.2) is 0 Å². The number of aliphatic hydroxyl groups excluding tert-OH is 1. The van der Waals surface area contributed by atoms with Crippen molar-refractivity contribution >= 4 is 0 Å². The zero-order valence-electron chi connectivity index (χ0n) is 9.95. The van der Waals surface area contributed by atoms with Crippen LogP contribution in [0.5, 0.6) is 0 Å². The molecule has 0 aromatic heterocycles. The summed E-state index contributed by atoms with van der Waals surface area (Å²) in [5.74, 6) is 0.630. The summed E-state index contributed by atoms with van der Waals surface area (Å²) < 4.78 is 0. The van der Waals surface area contributed by atoms with Gasteiger partial charge in [0.05, 0.1) is 6.10 Å². The number of aryl methyl sites for hydroxylation is 1. The van der Waals surface area contributed by atoms with E-state index in [1.54, 1.807) is 0 Å². The Bertz CT molecular complexity index is 314. The highest BCUT2D eigenvalue weighted by Gasteiger charge is 2.18. The number of piperidine rings is 1. The van der Waals surface area contributed by atoms with Crippen molar-refractivity contribution in [3.63, 3.8) is 0 Å². The van der Waals surface area contributed by atoms with Crippen molar-refractivity contribution in [1.82, 2.24) is 5.32 Å². The summed E-state index contributed by atoms with van der Waals surface area (Å²) in [7, 11) is 0. The smallest absolute Gasteiger partial charge is 0.0793 e. The molecule has 0 radical (unpaired) electrons. The predicted molar refractivity (Wildman–Crippen MR) is 66.3 cm³/mol. The molecule has 1 fully saturated rings. The van der Waals surface area contributed by atoms with Crippen molar-refractivity contribution in [3.8, 4) is 0 Å². The van der Waals surface area contributed by atoms with E-state index in [0.717, 1.165) is 25.1 Å². The van der Waals surface area contributed by atoms with Crippen molar-refractivity contribution in [2.75, 3.05) is 13.1 Å². The molecule has 88 valence electrons. The van der Waals surface area contributed by atoms with Gasteiger partial charge in [-0.05, 0) is 50.8 Å². The molecule has 1 aromatic carbocycles. The van der Waals surface area contributed by atoms with Gasteiger partial charge in [0.2, 0.25) is 0 Å². The molecule has 1 aliphatic heterocycles. The van der Waals surface area contributed by atoms with Crippen LogP contribution in [0.1, 0.15) is 36.5 Å². The van der Waals surface area contributed by atoms with Gasteiger partial charge >= 0.3 is 0 Å². The fourth-order valence-corrected chi connectivity index (χ4v) is 2.37. The molecular weight excluding hydrogens is 198 g/mol. The molecule has 2 nitrogen and oxygen atoms in total. The van der Waals surface area contributed by atoms with E-state index in [-0.39, 0.29) is 6.10 Å². The Labute approximate surface area is 97.7 Å². The molecule has 0 bridgehead atoms. The minimum Gasteiger partial charge on any atom is -0.388 e. The first-order valence-electron chi connectivity index (χ1n) is 6.21. The monoisotopic (exact) mass is 219 g/mol. The fraction of sp³-hybridized carbons (Fsp3) is 0.571. The van der Waals surface area contributed by atoms with Crippen LogP contribution in [0, 0.1) is 12.8 Å². The van der Waals surface area contributed by atoms with E-state index in [1.165, 1.54) is 18.4 Å². The van der Waals surface area contributed by atoms with Crippen LogP contribution in [0.25, 0.3) is 0 Å². The average molecular weight is 219 g/mol. The summed E-state index contributed by atoms with van der Waals surface area (Å²) in [4.78, 5) is 0. The first-order chi connectivity index (χ1) is 7.75. The van der Waals surface area contributed by atoms with Gasteiger partial charge in [-0.15, -0.1) is 0 Å². The number of rotatable bonds is 3. The highest BCUT2D eigenvalue weighted by Crippen LogP contribution is 2.25. The lowest BCUT2D eigenvalue weighted by Crippen LogP contribution is -2.30. The maximum atomic E-state index is 10.1. The standard InChI is InChI=1S/C14H21NO/c1-11-4-6-13(7-5-11)14(16)9-12-3-2-8-15-10-12/h4-7,12,14-16H,2-3,8-10H2,1H3. The number of aliphatic hydroxyl groups is 1. The Morgan fingerprint density at radius 1 is 1.38 bits per heavy atom. The van der Waals surface area contributed by atoms with E-state index in [2.05, 4.69) is 24.4 Å². The molecule has 1 aromatic rings. The first kappa shape index (κ1) is 11.6. The van der Waals surface area contributed by atoms with Crippen LogP contribution < -0.4 is 5.32 Å². The largest absolute Gasteiger partial charge is 0.388 e. The van der Waals surface area contributed by atoms with Crippen molar-refractivity contribution in [3.05, 3.63) is 35.4 Å². The van der Waals surface area contributed by atoms with Crippen LogP contribution in [0.2, 0.25) is 0 Å².